The van der Waals surface area contributed by atoms with E-state index in [4.69, 9.17) is 0 Å². The zero-order valence-electron chi connectivity index (χ0n) is 10.6. The fourth-order valence-electron chi connectivity index (χ4n) is 1.75. The maximum absolute atomic E-state index is 12.1. The van der Waals surface area contributed by atoms with Crippen LogP contribution in [0.1, 0.15) is 20.8 Å². The van der Waals surface area contributed by atoms with Crippen LogP contribution in [-0.4, -0.2) is 22.9 Å². The Morgan fingerprint density at radius 2 is 2.06 bits per heavy atom. The molecule has 0 saturated heterocycles. The molecule has 17 heavy (non-hydrogen) atoms. The number of hydrogen-bond acceptors (Lipinski definition) is 2. The second-order valence-electron chi connectivity index (χ2n) is 5.22. The predicted octanol–water partition coefficient (Wildman–Crippen LogP) is 2.57. The van der Waals surface area contributed by atoms with Gasteiger partial charge in [-0.15, -0.1) is 0 Å². The van der Waals surface area contributed by atoms with Crippen LogP contribution in [0.15, 0.2) is 24.5 Å². The normalized spacial score (nSPS) is 11.8. The molecule has 1 amide bonds. The average molecular weight is 231 g/mol. The highest BCUT2D eigenvalue weighted by molar-refractivity contribution is 5.97. The van der Waals surface area contributed by atoms with Crippen LogP contribution in [0.2, 0.25) is 0 Å². The van der Waals surface area contributed by atoms with E-state index in [0.29, 0.717) is 0 Å². The maximum Gasteiger partial charge on any atom is 0.232 e. The molecule has 2 rings (SSSR count). The summed E-state index contributed by atoms with van der Waals surface area (Å²) in [7, 11) is 1.80. The standard InChI is InChI=1S/C13H17N3O/c1-13(2,3)12(17)16(4)9-5-6-10-11(7-9)15-8-14-10/h5-8H,1-4H3,(H,14,15). The fourth-order valence-corrected chi connectivity index (χ4v) is 1.75. The molecule has 0 radical (unpaired) electrons. The van der Waals surface area contributed by atoms with Crippen molar-refractivity contribution in [3.63, 3.8) is 0 Å². The van der Waals surface area contributed by atoms with E-state index in [2.05, 4.69) is 9.97 Å². The number of rotatable bonds is 1. The molecule has 1 heterocycles. The van der Waals surface area contributed by atoms with Crippen molar-refractivity contribution >= 4 is 22.6 Å². The number of imidazole rings is 1. The first-order valence-electron chi connectivity index (χ1n) is 5.61. The SMILES string of the molecule is CN(C(=O)C(C)(C)C)c1ccc2nc[nH]c2c1. The quantitative estimate of drug-likeness (QED) is 0.820. The van der Waals surface area contributed by atoms with E-state index in [1.807, 2.05) is 39.0 Å². The van der Waals surface area contributed by atoms with E-state index in [1.54, 1.807) is 18.3 Å². The third kappa shape index (κ3) is 2.16. The highest BCUT2D eigenvalue weighted by atomic mass is 16.2. The molecule has 0 fully saturated rings. The van der Waals surface area contributed by atoms with Gasteiger partial charge in [-0.1, -0.05) is 20.8 Å². The summed E-state index contributed by atoms with van der Waals surface area (Å²) in [6, 6.07) is 5.76. The summed E-state index contributed by atoms with van der Waals surface area (Å²) in [5, 5.41) is 0. The summed E-state index contributed by atoms with van der Waals surface area (Å²) in [6.45, 7) is 5.75. The molecule has 1 aromatic carbocycles. The first kappa shape index (κ1) is 11.6. The van der Waals surface area contributed by atoms with Gasteiger partial charge >= 0.3 is 0 Å². The molecule has 0 aliphatic heterocycles. The van der Waals surface area contributed by atoms with Crippen molar-refractivity contribution in [3.05, 3.63) is 24.5 Å². The van der Waals surface area contributed by atoms with E-state index in [1.165, 1.54) is 0 Å². The lowest BCUT2D eigenvalue weighted by Crippen LogP contribution is -2.36. The lowest BCUT2D eigenvalue weighted by atomic mass is 9.94. The van der Waals surface area contributed by atoms with Crippen LogP contribution in [0.5, 0.6) is 0 Å². The van der Waals surface area contributed by atoms with Gasteiger partial charge in [-0.25, -0.2) is 4.98 Å². The highest BCUT2D eigenvalue weighted by Gasteiger charge is 2.25. The monoisotopic (exact) mass is 231 g/mol. The van der Waals surface area contributed by atoms with Crippen molar-refractivity contribution in [2.75, 3.05) is 11.9 Å². The van der Waals surface area contributed by atoms with Crippen molar-refractivity contribution in [2.24, 2.45) is 5.41 Å². The van der Waals surface area contributed by atoms with Gasteiger partial charge in [-0.05, 0) is 18.2 Å². The number of carbonyl (C=O) groups is 1. The number of nitrogens with one attached hydrogen (secondary N) is 1. The van der Waals surface area contributed by atoms with Crippen LogP contribution in [-0.2, 0) is 4.79 Å². The van der Waals surface area contributed by atoms with Crippen molar-refractivity contribution < 1.29 is 4.79 Å². The second kappa shape index (κ2) is 3.87. The number of anilines is 1. The minimum absolute atomic E-state index is 0.0939. The number of H-pyrrole nitrogens is 1. The summed E-state index contributed by atoms with van der Waals surface area (Å²) in [5.41, 5.74) is 2.35. The zero-order valence-corrected chi connectivity index (χ0v) is 10.6. The Balaban J connectivity index is 2.36. The van der Waals surface area contributed by atoms with E-state index in [-0.39, 0.29) is 11.3 Å². The number of fused-ring (bicyclic) bond motifs is 1. The minimum Gasteiger partial charge on any atom is -0.345 e. The molecule has 90 valence electrons. The van der Waals surface area contributed by atoms with E-state index in [0.717, 1.165) is 16.7 Å². The van der Waals surface area contributed by atoms with E-state index >= 15 is 0 Å². The molecule has 1 aromatic heterocycles. The summed E-state index contributed by atoms with van der Waals surface area (Å²) in [6.07, 6.45) is 1.65. The van der Waals surface area contributed by atoms with Gasteiger partial charge in [0.05, 0.1) is 17.4 Å². The van der Waals surface area contributed by atoms with Crippen molar-refractivity contribution in [1.82, 2.24) is 9.97 Å². The summed E-state index contributed by atoms with van der Waals surface area (Å²) in [5.74, 6) is 0.0939. The smallest absolute Gasteiger partial charge is 0.232 e. The molecule has 0 saturated carbocycles. The molecule has 2 aromatic rings. The van der Waals surface area contributed by atoms with Crippen molar-refractivity contribution in [3.8, 4) is 0 Å². The van der Waals surface area contributed by atoms with Gasteiger partial charge in [-0.2, -0.15) is 0 Å². The van der Waals surface area contributed by atoms with Crippen LogP contribution in [0.4, 0.5) is 5.69 Å². The van der Waals surface area contributed by atoms with Crippen molar-refractivity contribution in [2.45, 2.75) is 20.8 Å². The number of aromatic amines is 1. The van der Waals surface area contributed by atoms with Gasteiger partial charge in [-0.3, -0.25) is 4.79 Å². The minimum atomic E-state index is -0.377. The molecule has 4 heteroatoms. The Morgan fingerprint density at radius 1 is 1.35 bits per heavy atom. The van der Waals surface area contributed by atoms with Crippen LogP contribution < -0.4 is 4.90 Å². The predicted molar refractivity (Wildman–Crippen MR) is 69.0 cm³/mol. The Kier molecular flexibility index (Phi) is 2.65. The summed E-state index contributed by atoms with van der Waals surface area (Å²) in [4.78, 5) is 21.0. The molecule has 0 atom stereocenters. The van der Waals surface area contributed by atoms with Gasteiger partial charge in [0.1, 0.15) is 0 Å². The van der Waals surface area contributed by atoms with Gasteiger partial charge in [0.2, 0.25) is 5.91 Å². The molecule has 1 N–H and O–H groups in total. The number of benzene rings is 1. The summed E-state index contributed by atoms with van der Waals surface area (Å²) >= 11 is 0. The molecule has 0 unspecified atom stereocenters. The number of carbonyl (C=O) groups excluding carboxylic acids is 1. The van der Waals surface area contributed by atoms with Crippen LogP contribution in [0, 0.1) is 5.41 Å². The topological polar surface area (TPSA) is 49.0 Å². The Morgan fingerprint density at radius 3 is 2.71 bits per heavy atom. The van der Waals surface area contributed by atoms with E-state index in [9.17, 15) is 4.79 Å². The third-order valence-electron chi connectivity index (χ3n) is 2.74. The number of nitrogens with zero attached hydrogens (tertiary/aromatic N) is 2. The van der Waals surface area contributed by atoms with Gasteiger partial charge < -0.3 is 9.88 Å². The molecule has 0 spiro atoms. The van der Waals surface area contributed by atoms with Gasteiger partial charge in [0, 0.05) is 18.2 Å². The van der Waals surface area contributed by atoms with Crippen LogP contribution in [0.25, 0.3) is 11.0 Å². The first-order valence-corrected chi connectivity index (χ1v) is 5.61. The Hall–Kier alpha value is -1.84. The Labute approximate surface area is 101 Å². The zero-order chi connectivity index (χ0) is 12.6. The Bertz CT molecular complexity index is 551. The average Bonchev–Trinajstić information content (AvgIpc) is 2.72. The van der Waals surface area contributed by atoms with Crippen LogP contribution >= 0.6 is 0 Å². The summed E-state index contributed by atoms with van der Waals surface area (Å²) < 4.78 is 0. The van der Waals surface area contributed by atoms with E-state index < -0.39 is 0 Å². The largest absolute Gasteiger partial charge is 0.345 e. The molecule has 0 aliphatic carbocycles. The molecule has 0 bridgehead atoms. The van der Waals surface area contributed by atoms with Crippen LogP contribution in [0.3, 0.4) is 0 Å². The number of hydrogen-bond donors (Lipinski definition) is 1. The lowest BCUT2D eigenvalue weighted by molar-refractivity contribution is -0.125. The van der Waals surface area contributed by atoms with Gasteiger partial charge in [0.15, 0.2) is 0 Å². The number of amides is 1. The lowest BCUT2D eigenvalue weighted by Gasteiger charge is -2.26. The fraction of sp³-hybridized carbons (Fsp3) is 0.385. The van der Waals surface area contributed by atoms with Gasteiger partial charge in [0.25, 0.3) is 0 Å². The second-order valence-corrected chi connectivity index (χ2v) is 5.22. The highest BCUT2D eigenvalue weighted by Crippen LogP contribution is 2.24. The third-order valence-corrected chi connectivity index (χ3v) is 2.74. The molecule has 0 aliphatic rings. The first-order chi connectivity index (χ1) is 7.89. The number of aromatic nitrogens is 2. The molecular weight excluding hydrogens is 214 g/mol. The molecule has 4 nitrogen and oxygen atoms in total. The van der Waals surface area contributed by atoms with Crippen molar-refractivity contribution in [1.29, 1.82) is 0 Å². The maximum atomic E-state index is 12.1. The molecular formula is C13H17N3O.